The van der Waals surface area contributed by atoms with E-state index in [1.165, 1.54) is 109 Å². The first kappa shape index (κ1) is 28.8. The Bertz CT molecular complexity index is 545. The first-order chi connectivity index (χ1) is 15.5. The zero-order valence-electron chi connectivity index (χ0n) is 21.2. The third-order valence-electron chi connectivity index (χ3n) is 6.91. The number of carboxylic acids is 1. The minimum absolute atomic E-state index is 0.0218. The molecular formula is C27H52N3O2+. The molecule has 1 aliphatic heterocycles. The largest absolute Gasteiger partial charge is 0.477 e. The molecule has 0 aromatic carbocycles. The molecule has 0 fully saturated rings. The molecule has 5 nitrogen and oxygen atoms in total. The maximum absolute atomic E-state index is 11.3. The first-order valence-corrected chi connectivity index (χ1v) is 13.6. The Kier molecular flexibility index (Phi) is 16.4. The van der Waals surface area contributed by atoms with Crippen molar-refractivity contribution in [2.75, 3.05) is 6.54 Å². The number of hydrogen-bond acceptors (Lipinski definition) is 3. The number of aliphatic carboxylic acids is 1. The summed E-state index contributed by atoms with van der Waals surface area (Å²) in [6.45, 7) is 4.13. The number of unbranched alkanes of at least 4 members (excludes halogenated alkanes) is 17. The summed E-state index contributed by atoms with van der Waals surface area (Å²) in [7, 11) is 0. The van der Waals surface area contributed by atoms with Gasteiger partial charge in [0.15, 0.2) is 6.54 Å². The molecule has 0 saturated carbocycles. The number of nitrogens with zero attached hydrogens (tertiary/aromatic N) is 2. The predicted molar refractivity (Wildman–Crippen MR) is 136 cm³/mol. The summed E-state index contributed by atoms with van der Waals surface area (Å²) in [5, 5.41) is 9.27. The normalized spacial score (nSPS) is 18.8. The minimum Gasteiger partial charge on any atom is -0.477 e. The van der Waals surface area contributed by atoms with E-state index in [4.69, 9.17) is 5.73 Å². The average molecular weight is 451 g/mol. The van der Waals surface area contributed by atoms with Crippen LogP contribution in [0.5, 0.6) is 0 Å². The van der Waals surface area contributed by atoms with Crippen LogP contribution in [0.25, 0.3) is 0 Å². The number of carboxylic acid groups (broad SMARTS) is 1. The molecule has 2 unspecified atom stereocenters. The van der Waals surface area contributed by atoms with Gasteiger partial charge in [-0.2, -0.15) is 0 Å². The zero-order chi connectivity index (χ0) is 23.5. The van der Waals surface area contributed by atoms with Crippen molar-refractivity contribution in [3.05, 3.63) is 12.4 Å². The van der Waals surface area contributed by atoms with E-state index in [1.54, 1.807) is 6.20 Å². The summed E-state index contributed by atoms with van der Waals surface area (Å²) in [5.41, 5.74) is 6.12. The van der Waals surface area contributed by atoms with Gasteiger partial charge in [-0.1, -0.05) is 116 Å². The Labute approximate surface area is 198 Å². The lowest BCUT2D eigenvalue weighted by Crippen LogP contribution is -2.59. The van der Waals surface area contributed by atoms with E-state index in [9.17, 15) is 9.90 Å². The van der Waals surface area contributed by atoms with Crippen LogP contribution in [0, 0.1) is 0 Å². The molecule has 1 rings (SSSR count). The molecule has 0 aromatic heterocycles. The summed E-state index contributed by atoms with van der Waals surface area (Å²) in [6.07, 6.45) is 28.7. The summed E-state index contributed by atoms with van der Waals surface area (Å²) in [5.74, 6) is 0.0678. The van der Waals surface area contributed by atoms with E-state index in [0.717, 1.165) is 18.7 Å². The molecule has 2 atom stereocenters. The first-order valence-electron chi connectivity index (χ1n) is 13.6. The fourth-order valence-electron chi connectivity index (χ4n) is 4.77. The van der Waals surface area contributed by atoms with Gasteiger partial charge in [-0.25, -0.2) is 14.3 Å². The van der Waals surface area contributed by atoms with Crippen molar-refractivity contribution in [3.63, 3.8) is 0 Å². The number of amidine groups is 1. The van der Waals surface area contributed by atoms with Crippen LogP contribution in [0.4, 0.5) is 0 Å². The van der Waals surface area contributed by atoms with Crippen LogP contribution in [0.3, 0.4) is 0 Å². The summed E-state index contributed by atoms with van der Waals surface area (Å²) in [4.78, 5) is 15.7. The second-order valence-electron chi connectivity index (χ2n) is 9.83. The smallest absolute Gasteiger partial charge is 0.360 e. The van der Waals surface area contributed by atoms with Gasteiger partial charge in [0.25, 0.3) is 0 Å². The van der Waals surface area contributed by atoms with Crippen molar-refractivity contribution >= 4 is 11.8 Å². The standard InChI is InChI=1S/C27H51N3O2/c1-3-4-5-6-7-8-9-10-11-12-13-14-15-16-17-18-19-20-21-26-29-22-23-30(26,25(2)28)24-27(31)32/h22-23,25H,3-21,24,28H2,1-2H3/p+1. The minimum atomic E-state index is -0.834. The number of quaternary nitrogens is 1. The van der Waals surface area contributed by atoms with Crippen LogP contribution in [0.1, 0.15) is 136 Å². The van der Waals surface area contributed by atoms with Crippen LogP contribution >= 0.6 is 0 Å². The topological polar surface area (TPSA) is 75.7 Å². The van der Waals surface area contributed by atoms with Gasteiger partial charge in [0.05, 0.1) is 6.20 Å². The van der Waals surface area contributed by atoms with E-state index >= 15 is 0 Å². The highest BCUT2D eigenvalue weighted by molar-refractivity contribution is 5.81. The SMILES string of the molecule is CCCCCCCCCCCCCCCCCCCCC1=NC=C[N+]1(CC(=O)O)C(C)N. The van der Waals surface area contributed by atoms with Crippen molar-refractivity contribution in [1.82, 2.24) is 0 Å². The zero-order valence-corrected chi connectivity index (χ0v) is 21.2. The van der Waals surface area contributed by atoms with Gasteiger partial charge in [-0.05, 0) is 6.42 Å². The molecule has 3 N–H and O–H groups in total. The Morgan fingerprint density at radius 1 is 0.844 bits per heavy atom. The second kappa shape index (κ2) is 18.3. The number of hydrogen-bond donors (Lipinski definition) is 2. The van der Waals surface area contributed by atoms with Crippen LogP contribution < -0.4 is 5.73 Å². The molecular weight excluding hydrogens is 398 g/mol. The molecule has 0 bridgehead atoms. The maximum Gasteiger partial charge on any atom is 0.360 e. The van der Waals surface area contributed by atoms with Gasteiger partial charge >= 0.3 is 5.97 Å². The molecule has 0 radical (unpaired) electrons. The lowest BCUT2D eigenvalue weighted by Gasteiger charge is -2.34. The third-order valence-corrected chi connectivity index (χ3v) is 6.91. The molecule has 0 saturated heterocycles. The van der Waals surface area contributed by atoms with Gasteiger partial charge < -0.3 is 5.11 Å². The highest BCUT2D eigenvalue weighted by Gasteiger charge is 2.40. The van der Waals surface area contributed by atoms with Crippen molar-refractivity contribution in [1.29, 1.82) is 0 Å². The number of carbonyl (C=O) groups is 1. The van der Waals surface area contributed by atoms with E-state index in [2.05, 4.69) is 11.9 Å². The Morgan fingerprint density at radius 2 is 1.25 bits per heavy atom. The summed E-state index contributed by atoms with van der Waals surface area (Å²) in [6, 6.07) is 0. The maximum atomic E-state index is 11.3. The van der Waals surface area contributed by atoms with Crippen molar-refractivity contribution in [2.45, 2.75) is 142 Å². The van der Waals surface area contributed by atoms with Gasteiger partial charge in [0, 0.05) is 13.3 Å². The van der Waals surface area contributed by atoms with Gasteiger partial charge in [-0.3, -0.25) is 5.73 Å². The van der Waals surface area contributed by atoms with E-state index < -0.39 is 5.97 Å². The highest BCUT2D eigenvalue weighted by atomic mass is 16.4. The van der Waals surface area contributed by atoms with Gasteiger partial charge in [0.1, 0.15) is 12.4 Å². The fraction of sp³-hybridized carbons (Fsp3) is 0.852. The van der Waals surface area contributed by atoms with Gasteiger partial charge in [0.2, 0.25) is 5.84 Å². The summed E-state index contributed by atoms with van der Waals surface area (Å²) < 4.78 is 0.175. The van der Waals surface area contributed by atoms with E-state index in [-0.39, 0.29) is 17.2 Å². The molecule has 0 amide bonds. The molecule has 0 spiro atoms. The van der Waals surface area contributed by atoms with E-state index in [1.807, 2.05) is 13.1 Å². The Hall–Kier alpha value is -1.20. The number of aliphatic imine (C=N–C) groups is 1. The molecule has 5 heteroatoms. The van der Waals surface area contributed by atoms with Gasteiger partial charge in [-0.15, -0.1) is 0 Å². The summed E-state index contributed by atoms with van der Waals surface area (Å²) >= 11 is 0. The molecule has 1 heterocycles. The average Bonchev–Trinajstić information content (AvgIpc) is 3.16. The molecule has 186 valence electrons. The monoisotopic (exact) mass is 450 g/mol. The van der Waals surface area contributed by atoms with E-state index in [0.29, 0.717) is 0 Å². The van der Waals surface area contributed by atoms with Crippen LogP contribution in [0.2, 0.25) is 0 Å². The van der Waals surface area contributed by atoms with Crippen LogP contribution in [0.15, 0.2) is 17.4 Å². The van der Waals surface area contributed by atoms with Crippen LogP contribution in [-0.4, -0.2) is 34.1 Å². The lowest BCUT2D eigenvalue weighted by atomic mass is 10.0. The lowest BCUT2D eigenvalue weighted by molar-refractivity contribution is -0.805. The fourth-order valence-corrected chi connectivity index (χ4v) is 4.77. The molecule has 0 aliphatic carbocycles. The molecule has 1 aliphatic rings. The number of nitrogens with two attached hydrogens (primary N) is 1. The predicted octanol–water partition coefficient (Wildman–Crippen LogP) is 7.51. The molecule has 0 aromatic rings. The number of rotatable bonds is 22. The van der Waals surface area contributed by atoms with Crippen molar-refractivity contribution in [3.8, 4) is 0 Å². The molecule has 32 heavy (non-hydrogen) atoms. The van der Waals surface area contributed by atoms with Crippen molar-refractivity contribution < 1.29 is 14.4 Å². The van der Waals surface area contributed by atoms with Crippen LogP contribution in [-0.2, 0) is 4.79 Å². The van der Waals surface area contributed by atoms with Crippen molar-refractivity contribution in [2.24, 2.45) is 10.7 Å². The Morgan fingerprint density at radius 3 is 1.62 bits per heavy atom. The Balaban J connectivity index is 1.92. The highest BCUT2D eigenvalue weighted by Crippen LogP contribution is 2.23. The second-order valence-corrected chi connectivity index (χ2v) is 9.83. The third kappa shape index (κ3) is 12.2. The quantitative estimate of drug-likeness (QED) is 0.132.